The number of nitrogens with one attached hydrogen (secondary N) is 2. The van der Waals surface area contributed by atoms with Crippen molar-refractivity contribution in [2.24, 2.45) is 0 Å². The van der Waals surface area contributed by atoms with E-state index < -0.39 is 0 Å². The summed E-state index contributed by atoms with van der Waals surface area (Å²) in [4.78, 5) is 12.5. The summed E-state index contributed by atoms with van der Waals surface area (Å²) < 4.78 is 7.15. The lowest BCUT2D eigenvalue weighted by molar-refractivity contribution is 0.251. The maximum Gasteiger partial charge on any atom is 0.319 e. The Morgan fingerprint density at radius 3 is 2.68 bits per heavy atom. The largest absolute Gasteiger partial charge is 0.497 e. The first-order valence-corrected chi connectivity index (χ1v) is 12.0. The molecule has 1 heterocycles. The summed E-state index contributed by atoms with van der Waals surface area (Å²) in [6.45, 7) is 2.19. The summed E-state index contributed by atoms with van der Waals surface area (Å²) in [7, 11) is 1.58. The molecule has 0 radical (unpaired) electrons. The number of methoxy groups -OCH3 is 1. The third-order valence-corrected chi connectivity index (χ3v) is 6.29. The molecule has 174 valence electrons. The molecule has 0 fully saturated rings. The van der Waals surface area contributed by atoms with Gasteiger partial charge in [0, 0.05) is 22.5 Å². The van der Waals surface area contributed by atoms with Crippen LogP contribution in [0, 0.1) is 6.92 Å². The maximum atomic E-state index is 12.5. The number of aryl methyl sites for hydroxylation is 1. The van der Waals surface area contributed by atoms with Crippen molar-refractivity contribution in [3.05, 3.63) is 94.8 Å². The van der Waals surface area contributed by atoms with Crippen LogP contribution in [-0.4, -0.2) is 27.9 Å². The molecule has 2 amide bonds. The van der Waals surface area contributed by atoms with Crippen LogP contribution in [0.15, 0.2) is 78.0 Å². The van der Waals surface area contributed by atoms with E-state index in [9.17, 15) is 4.79 Å². The SMILES string of the molecule is COc1cccc(NC(=O)NCc2nnc(SCc3ccccc3)n2-c2cc(Cl)ccc2C)c1. The maximum absolute atomic E-state index is 12.5. The molecule has 0 bridgehead atoms. The molecule has 0 aliphatic rings. The fourth-order valence-electron chi connectivity index (χ4n) is 3.33. The van der Waals surface area contributed by atoms with E-state index in [1.807, 2.05) is 60.0 Å². The van der Waals surface area contributed by atoms with Gasteiger partial charge in [-0.3, -0.25) is 4.57 Å². The average molecular weight is 494 g/mol. The van der Waals surface area contributed by atoms with E-state index in [4.69, 9.17) is 16.3 Å². The highest BCUT2D eigenvalue weighted by atomic mass is 35.5. The molecule has 7 nitrogen and oxygen atoms in total. The number of rotatable bonds is 8. The number of urea groups is 1. The Kier molecular flexibility index (Phi) is 7.72. The van der Waals surface area contributed by atoms with E-state index in [0.29, 0.717) is 22.3 Å². The number of carbonyl (C=O) groups excluding carboxylic acids is 1. The smallest absolute Gasteiger partial charge is 0.319 e. The lowest BCUT2D eigenvalue weighted by atomic mass is 10.2. The lowest BCUT2D eigenvalue weighted by Gasteiger charge is -2.14. The van der Waals surface area contributed by atoms with Gasteiger partial charge in [0.05, 0.1) is 19.3 Å². The topological polar surface area (TPSA) is 81.1 Å². The molecule has 4 rings (SSSR count). The normalized spacial score (nSPS) is 10.7. The molecule has 0 unspecified atom stereocenters. The minimum atomic E-state index is -0.357. The number of benzene rings is 3. The number of aromatic nitrogens is 3. The van der Waals surface area contributed by atoms with Gasteiger partial charge in [-0.25, -0.2) is 4.79 Å². The van der Waals surface area contributed by atoms with Crippen molar-refractivity contribution in [2.45, 2.75) is 24.4 Å². The minimum Gasteiger partial charge on any atom is -0.497 e. The zero-order valence-electron chi connectivity index (χ0n) is 18.8. The third kappa shape index (κ3) is 5.89. The second-order valence-corrected chi connectivity index (χ2v) is 8.86. The van der Waals surface area contributed by atoms with Gasteiger partial charge >= 0.3 is 6.03 Å². The Bertz CT molecular complexity index is 1280. The highest BCUT2D eigenvalue weighted by molar-refractivity contribution is 7.98. The number of anilines is 1. The van der Waals surface area contributed by atoms with Crippen LogP contribution in [0.25, 0.3) is 5.69 Å². The zero-order chi connectivity index (χ0) is 23.9. The van der Waals surface area contributed by atoms with Crippen molar-refractivity contribution in [1.29, 1.82) is 0 Å². The Balaban J connectivity index is 1.54. The average Bonchev–Trinajstić information content (AvgIpc) is 3.26. The summed E-state index contributed by atoms with van der Waals surface area (Å²) in [6, 6.07) is 22.6. The molecule has 0 saturated carbocycles. The Hall–Kier alpha value is -3.49. The number of ether oxygens (including phenoxy) is 1. The summed E-state index contributed by atoms with van der Waals surface area (Å²) in [5, 5.41) is 15.8. The van der Waals surface area contributed by atoms with Crippen molar-refractivity contribution >= 4 is 35.1 Å². The van der Waals surface area contributed by atoms with Gasteiger partial charge < -0.3 is 15.4 Å². The first-order chi connectivity index (χ1) is 16.5. The van der Waals surface area contributed by atoms with Crippen LogP contribution in [0.1, 0.15) is 17.0 Å². The molecule has 0 aliphatic heterocycles. The number of halogens is 1. The van der Waals surface area contributed by atoms with Gasteiger partial charge in [-0.05, 0) is 42.3 Å². The van der Waals surface area contributed by atoms with Crippen LogP contribution in [0.5, 0.6) is 5.75 Å². The number of nitrogens with zero attached hydrogens (tertiary/aromatic N) is 3. The molecule has 1 aromatic heterocycles. The molecule has 4 aromatic rings. The quantitative estimate of drug-likeness (QED) is 0.301. The predicted octanol–water partition coefficient (Wildman–Crippen LogP) is 5.85. The van der Waals surface area contributed by atoms with Gasteiger partial charge in [-0.15, -0.1) is 10.2 Å². The molecule has 2 N–H and O–H groups in total. The van der Waals surface area contributed by atoms with Gasteiger partial charge in [0.25, 0.3) is 0 Å². The van der Waals surface area contributed by atoms with Crippen LogP contribution < -0.4 is 15.4 Å². The van der Waals surface area contributed by atoms with Gasteiger partial charge in [-0.1, -0.05) is 65.8 Å². The van der Waals surface area contributed by atoms with E-state index in [2.05, 4.69) is 33.0 Å². The summed E-state index contributed by atoms with van der Waals surface area (Å²) in [5.74, 6) is 2.00. The van der Waals surface area contributed by atoms with E-state index in [0.717, 1.165) is 22.2 Å². The van der Waals surface area contributed by atoms with E-state index in [1.54, 1.807) is 31.0 Å². The first kappa shape index (κ1) is 23.7. The van der Waals surface area contributed by atoms with E-state index >= 15 is 0 Å². The number of carbonyl (C=O) groups is 1. The first-order valence-electron chi connectivity index (χ1n) is 10.6. The highest BCUT2D eigenvalue weighted by Crippen LogP contribution is 2.28. The van der Waals surface area contributed by atoms with E-state index in [1.165, 1.54) is 5.56 Å². The van der Waals surface area contributed by atoms with Crippen LogP contribution in [0.2, 0.25) is 5.02 Å². The van der Waals surface area contributed by atoms with Crippen LogP contribution >= 0.6 is 23.4 Å². The van der Waals surface area contributed by atoms with Crippen LogP contribution in [0.4, 0.5) is 10.5 Å². The predicted molar refractivity (Wildman–Crippen MR) is 136 cm³/mol. The molecule has 0 aliphatic carbocycles. The molecule has 34 heavy (non-hydrogen) atoms. The second-order valence-electron chi connectivity index (χ2n) is 7.48. The monoisotopic (exact) mass is 493 g/mol. The van der Waals surface area contributed by atoms with Crippen molar-refractivity contribution < 1.29 is 9.53 Å². The molecule has 3 aromatic carbocycles. The standard InChI is InChI=1S/C25H24ClN5O2S/c1-17-11-12-19(26)13-22(17)31-23(29-30-25(31)34-16-18-7-4-3-5-8-18)15-27-24(32)28-20-9-6-10-21(14-20)33-2/h3-14H,15-16H2,1-2H3,(H2,27,28,32). The minimum absolute atomic E-state index is 0.181. The van der Waals surface area contributed by atoms with E-state index in [-0.39, 0.29) is 12.6 Å². The summed E-state index contributed by atoms with van der Waals surface area (Å²) in [5.41, 5.74) is 3.70. The fourth-order valence-corrected chi connectivity index (χ4v) is 4.42. The van der Waals surface area contributed by atoms with Crippen molar-refractivity contribution in [1.82, 2.24) is 20.1 Å². The molecular formula is C25H24ClN5O2S. The zero-order valence-corrected chi connectivity index (χ0v) is 20.4. The highest BCUT2D eigenvalue weighted by Gasteiger charge is 2.17. The van der Waals surface area contributed by atoms with Gasteiger partial charge in [0.1, 0.15) is 5.75 Å². The number of thioether (sulfide) groups is 1. The van der Waals surface area contributed by atoms with Crippen molar-refractivity contribution in [2.75, 3.05) is 12.4 Å². The Labute approximate surface area is 207 Å². The summed E-state index contributed by atoms with van der Waals surface area (Å²) >= 11 is 7.88. The molecule has 9 heteroatoms. The number of amides is 2. The van der Waals surface area contributed by atoms with Gasteiger partial charge in [0.2, 0.25) is 0 Å². The van der Waals surface area contributed by atoms with Crippen molar-refractivity contribution in [3.8, 4) is 11.4 Å². The third-order valence-electron chi connectivity index (χ3n) is 5.06. The number of hydrogen-bond donors (Lipinski definition) is 2. The summed E-state index contributed by atoms with van der Waals surface area (Å²) in [6.07, 6.45) is 0. The number of hydrogen-bond acceptors (Lipinski definition) is 5. The van der Waals surface area contributed by atoms with Crippen molar-refractivity contribution in [3.63, 3.8) is 0 Å². The Morgan fingerprint density at radius 2 is 1.88 bits per heavy atom. The lowest BCUT2D eigenvalue weighted by Crippen LogP contribution is -2.29. The molecular weight excluding hydrogens is 470 g/mol. The van der Waals surface area contributed by atoms with Crippen LogP contribution in [-0.2, 0) is 12.3 Å². The van der Waals surface area contributed by atoms with Gasteiger partial charge in [0.15, 0.2) is 11.0 Å². The Morgan fingerprint density at radius 1 is 1.06 bits per heavy atom. The van der Waals surface area contributed by atoms with Crippen LogP contribution in [0.3, 0.4) is 0 Å². The molecule has 0 spiro atoms. The molecule has 0 atom stereocenters. The molecule has 0 saturated heterocycles. The fraction of sp³-hybridized carbons (Fsp3) is 0.160. The van der Waals surface area contributed by atoms with Gasteiger partial charge in [-0.2, -0.15) is 0 Å². The second kappa shape index (κ2) is 11.1.